The zero-order chi connectivity index (χ0) is 27.1. The molecule has 0 unspecified atom stereocenters. The van der Waals surface area contributed by atoms with Gasteiger partial charge in [-0.1, -0.05) is 41.4 Å². The lowest BCUT2D eigenvalue weighted by Crippen LogP contribution is -2.50. The van der Waals surface area contributed by atoms with Gasteiger partial charge in [-0.15, -0.1) is 0 Å². The molecule has 0 bridgehead atoms. The van der Waals surface area contributed by atoms with Crippen molar-refractivity contribution in [3.8, 4) is 0 Å². The highest BCUT2D eigenvalue weighted by molar-refractivity contribution is 7.80. The quantitative estimate of drug-likeness (QED) is 0.388. The fourth-order valence-electron chi connectivity index (χ4n) is 4.59. The molecule has 198 valence electrons. The van der Waals surface area contributed by atoms with Gasteiger partial charge in [-0.2, -0.15) is 4.98 Å². The predicted molar refractivity (Wildman–Crippen MR) is 152 cm³/mol. The molecular formula is C26H27ClFN7O2S. The first-order valence-electron chi connectivity index (χ1n) is 12.1. The van der Waals surface area contributed by atoms with E-state index in [4.69, 9.17) is 28.8 Å². The second-order valence-electron chi connectivity index (χ2n) is 9.39. The van der Waals surface area contributed by atoms with Crippen LogP contribution in [0.3, 0.4) is 0 Å². The topological polar surface area (TPSA) is 80.3 Å². The Bertz CT molecular complexity index is 1650. The first-order chi connectivity index (χ1) is 18.1. The number of thiocarbonyl (C=S) groups is 1. The summed E-state index contributed by atoms with van der Waals surface area (Å²) in [7, 11) is 3.11. The fraction of sp³-hybridized carbons (Fsp3) is 0.308. The van der Waals surface area contributed by atoms with Gasteiger partial charge >= 0.3 is 5.69 Å². The zero-order valence-electron chi connectivity index (χ0n) is 21.2. The molecule has 0 aliphatic carbocycles. The normalized spacial score (nSPS) is 13.8. The Balaban J connectivity index is 1.43. The molecule has 3 heterocycles. The number of fused-ring (bicyclic) bond motifs is 1. The van der Waals surface area contributed by atoms with Crippen LogP contribution in [-0.4, -0.2) is 54.9 Å². The summed E-state index contributed by atoms with van der Waals surface area (Å²) in [6, 6.07) is 12.5. The highest BCUT2D eigenvalue weighted by Crippen LogP contribution is 2.24. The number of aromatic nitrogens is 4. The van der Waals surface area contributed by atoms with E-state index in [1.807, 2.05) is 40.7 Å². The maximum atomic E-state index is 13.5. The molecule has 5 rings (SSSR count). The van der Waals surface area contributed by atoms with Gasteiger partial charge in [-0.3, -0.25) is 18.5 Å². The van der Waals surface area contributed by atoms with E-state index in [0.717, 1.165) is 15.7 Å². The summed E-state index contributed by atoms with van der Waals surface area (Å²) < 4.78 is 17.9. The number of halogens is 2. The van der Waals surface area contributed by atoms with Crippen LogP contribution in [0.2, 0.25) is 5.02 Å². The molecule has 1 aliphatic rings. The molecule has 0 saturated carbocycles. The minimum absolute atomic E-state index is 0.0237. The van der Waals surface area contributed by atoms with Gasteiger partial charge in [0.05, 0.1) is 11.6 Å². The Morgan fingerprint density at radius 2 is 1.74 bits per heavy atom. The molecule has 1 N–H and O–H groups in total. The van der Waals surface area contributed by atoms with Crippen LogP contribution >= 0.6 is 23.8 Å². The summed E-state index contributed by atoms with van der Waals surface area (Å²) in [4.78, 5) is 34.7. The Morgan fingerprint density at radius 3 is 2.39 bits per heavy atom. The number of benzene rings is 2. The third-order valence-corrected chi connectivity index (χ3v) is 7.46. The van der Waals surface area contributed by atoms with Gasteiger partial charge in [0, 0.05) is 46.0 Å². The number of nitrogens with zero attached hydrogens (tertiary/aromatic N) is 6. The molecule has 0 radical (unpaired) electrons. The fourth-order valence-corrected chi connectivity index (χ4v) is 5.07. The lowest BCUT2D eigenvalue weighted by molar-refractivity contribution is 0.386. The Hall–Kier alpha value is -3.70. The molecular weight excluding hydrogens is 529 g/mol. The summed E-state index contributed by atoms with van der Waals surface area (Å²) in [5.74, 6) is 0.139. The Labute approximate surface area is 228 Å². The molecule has 2 aromatic heterocycles. The molecule has 0 spiro atoms. The minimum atomic E-state index is -0.488. The van der Waals surface area contributed by atoms with Gasteiger partial charge < -0.3 is 15.1 Å². The Morgan fingerprint density at radius 1 is 1.05 bits per heavy atom. The van der Waals surface area contributed by atoms with E-state index in [-0.39, 0.29) is 10.6 Å². The van der Waals surface area contributed by atoms with Crippen LogP contribution < -0.4 is 21.5 Å². The van der Waals surface area contributed by atoms with E-state index in [1.165, 1.54) is 23.7 Å². The predicted octanol–water partition coefficient (Wildman–Crippen LogP) is 3.10. The molecule has 0 atom stereocenters. The monoisotopic (exact) mass is 555 g/mol. The summed E-state index contributed by atoms with van der Waals surface area (Å²) >= 11 is 11.5. The summed E-state index contributed by atoms with van der Waals surface area (Å²) in [5, 5.41) is 3.65. The SMILES string of the molecule is Cc1ccc(Cn2c(N3CCN(C(=S)Nc4ccc(F)c(Cl)c4)CC3)nc3c2c(=O)n(C)c(=O)n3C)cc1. The van der Waals surface area contributed by atoms with Gasteiger partial charge in [0.25, 0.3) is 5.56 Å². The number of anilines is 2. The third-order valence-electron chi connectivity index (χ3n) is 6.81. The van der Waals surface area contributed by atoms with Crippen LogP contribution in [0.1, 0.15) is 11.1 Å². The van der Waals surface area contributed by atoms with E-state index < -0.39 is 11.5 Å². The van der Waals surface area contributed by atoms with Crippen molar-refractivity contribution in [2.24, 2.45) is 14.1 Å². The number of rotatable bonds is 4. The first kappa shape index (κ1) is 25.9. The minimum Gasteiger partial charge on any atom is -0.345 e. The summed E-state index contributed by atoms with van der Waals surface area (Å²) in [5.41, 5.74) is 2.72. The van der Waals surface area contributed by atoms with Crippen LogP contribution in [0.5, 0.6) is 0 Å². The summed E-state index contributed by atoms with van der Waals surface area (Å²) in [6.45, 7) is 4.85. The lowest BCUT2D eigenvalue weighted by atomic mass is 10.1. The molecule has 1 aliphatic heterocycles. The number of imidazole rings is 1. The zero-order valence-corrected chi connectivity index (χ0v) is 22.8. The standard InChI is InChI=1S/C26H27ClFN7O2S/c1-16-4-6-17(7-5-16)15-35-21-22(31(2)26(37)32(3)23(21)36)30-24(35)33-10-12-34(13-11-33)25(38)29-18-8-9-20(28)19(27)14-18/h4-9,14H,10-13,15H2,1-3H3,(H,29,38). The average Bonchev–Trinajstić information content (AvgIpc) is 3.29. The van der Waals surface area contributed by atoms with Crippen molar-refractivity contribution < 1.29 is 4.39 Å². The number of piperazine rings is 1. The molecule has 9 nitrogen and oxygen atoms in total. The van der Waals surface area contributed by atoms with Crippen molar-refractivity contribution in [1.82, 2.24) is 23.6 Å². The maximum absolute atomic E-state index is 13.5. The first-order valence-corrected chi connectivity index (χ1v) is 12.9. The van der Waals surface area contributed by atoms with Crippen molar-refractivity contribution in [1.29, 1.82) is 0 Å². The molecule has 38 heavy (non-hydrogen) atoms. The van der Waals surface area contributed by atoms with Crippen LogP contribution in [0.15, 0.2) is 52.1 Å². The van der Waals surface area contributed by atoms with E-state index in [2.05, 4.69) is 10.2 Å². The summed E-state index contributed by atoms with van der Waals surface area (Å²) in [6.07, 6.45) is 0. The van der Waals surface area contributed by atoms with Crippen molar-refractivity contribution in [3.63, 3.8) is 0 Å². The van der Waals surface area contributed by atoms with Crippen LogP contribution in [0.4, 0.5) is 16.0 Å². The van der Waals surface area contributed by atoms with Crippen molar-refractivity contribution in [2.75, 3.05) is 36.4 Å². The Kier molecular flexibility index (Phi) is 6.97. The number of nitrogens with one attached hydrogen (secondary N) is 1. The van der Waals surface area contributed by atoms with Crippen molar-refractivity contribution in [2.45, 2.75) is 13.5 Å². The van der Waals surface area contributed by atoms with Crippen LogP contribution in [0, 0.1) is 12.7 Å². The van der Waals surface area contributed by atoms with E-state index in [9.17, 15) is 14.0 Å². The maximum Gasteiger partial charge on any atom is 0.332 e. The van der Waals surface area contributed by atoms with E-state index in [1.54, 1.807) is 13.1 Å². The van der Waals surface area contributed by atoms with Gasteiger partial charge in [0.1, 0.15) is 5.82 Å². The van der Waals surface area contributed by atoms with E-state index in [0.29, 0.717) is 60.6 Å². The molecule has 1 fully saturated rings. The molecule has 2 aromatic carbocycles. The van der Waals surface area contributed by atoms with Gasteiger partial charge in [-0.05, 0) is 42.9 Å². The number of hydrogen-bond donors (Lipinski definition) is 1. The lowest BCUT2D eigenvalue weighted by Gasteiger charge is -2.36. The number of aryl methyl sites for hydroxylation is 2. The largest absolute Gasteiger partial charge is 0.345 e. The number of hydrogen-bond acceptors (Lipinski definition) is 5. The van der Waals surface area contributed by atoms with Gasteiger partial charge in [0.2, 0.25) is 5.95 Å². The van der Waals surface area contributed by atoms with Crippen molar-refractivity contribution in [3.05, 3.63) is 85.3 Å². The average molecular weight is 556 g/mol. The van der Waals surface area contributed by atoms with Gasteiger partial charge in [-0.25, -0.2) is 9.18 Å². The smallest absolute Gasteiger partial charge is 0.332 e. The highest BCUT2D eigenvalue weighted by atomic mass is 35.5. The second kappa shape index (κ2) is 10.2. The molecule has 1 saturated heterocycles. The third kappa shape index (κ3) is 4.79. The van der Waals surface area contributed by atoms with Crippen LogP contribution in [0.25, 0.3) is 11.2 Å². The van der Waals surface area contributed by atoms with Gasteiger partial charge in [0.15, 0.2) is 16.3 Å². The highest BCUT2D eigenvalue weighted by Gasteiger charge is 2.26. The molecule has 0 amide bonds. The second-order valence-corrected chi connectivity index (χ2v) is 10.2. The molecule has 12 heteroatoms. The van der Waals surface area contributed by atoms with E-state index >= 15 is 0 Å². The van der Waals surface area contributed by atoms with Crippen LogP contribution in [-0.2, 0) is 20.6 Å². The van der Waals surface area contributed by atoms with Crippen molar-refractivity contribution >= 4 is 51.7 Å². The molecule has 4 aromatic rings.